The summed E-state index contributed by atoms with van der Waals surface area (Å²) in [6.07, 6.45) is 3.22. The predicted octanol–water partition coefficient (Wildman–Crippen LogP) is 8.13. The SMILES string of the molecule is CC1CCC(C2CCC(C3COC(c4cc(F)c(/C(F)=C/C(F)(F)F)c(F)c4)OC3)CC2)CC1. The molecule has 8 heteroatoms. The molecule has 1 aromatic rings. The Kier molecular flexibility index (Phi) is 7.97. The molecule has 0 amide bonds. The zero-order valence-corrected chi connectivity index (χ0v) is 19.4. The minimum absolute atomic E-state index is 0.0211. The second-order valence-corrected chi connectivity index (χ2v) is 10.3. The summed E-state index contributed by atoms with van der Waals surface area (Å²) < 4.78 is 90.8. The third kappa shape index (κ3) is 6.17. The van der Waals surface area contributed by atoms with E-state index in [-0.39, 0.29) is 11.5 Å². The first-order valence-corrected chi connectivity index (χ1v) is 12.3. The fraction of sp³-hybridized carbons (Fsp3) is 0.692. The molecule has 2 saturated carbocycles. The van der Waals surface area contributed by atoms with E-state index in [9.17, 15) is 26.3 Å². The maximum atomic E-state index is 14.3. The summed E-state index contributed by atoms with van der Waals surface area (Å²) in [5, 5.41) is 0. The molecule has 1 saturated heterocycles. The molecule has 1 heterocycles. The summed E-state index contributed by atoms with van der Waals surface area (Å²) in [5.41, 5.74) is -1.37. The Balaban J connectivity index is 1.31. The normalized spacial score (nSPS) is 33.7. The van der Waals surface area contributed by atoms with Crippen molar-refractivity contribution in [2.45, 2.75) is 70.8 Å². The van der Waals surface area contributed by atoms with Crippen molar-refractivity contribution < 1.29 is 35.8 Å². The van der Waals surface area contributed by atoms with Crippen molar-refractivity contribution in [3.05, 3.63) is 41.0 Å². The van der Waals surface area contributed by atoms with Gasteiger partial charge in [0, 0.05) is 11.5 Å². The molecule has 0 aromatic heterocycles. The van der Waals surface area contributed by atoms with E-state index in [4.69, 9.17) is 9.47 Å². The monoisotopic (exact) mass is 490 g/mol. The van der Waals surface area contributed by atoms with Gasteiger partial charge in [-0.2, -0.15) is 13.2 Å². The molecular formula is C26H32F6O2. The van der Waals surface area contributed by atoms with Gasteiger partial charge in [-0.15, -0.1) is 0 Å². The van der Waals surface area contributed by atoms with Crippen LogP contribution in [0.1, 0.15) is 75.7 Å². The van der Waals surface area contributed by atoms with E-state index in [2.05, 4.69) is 6.92 Å². The van der Waals surface area contributed by atoms with Crippen molar-refractivity contribution in [1.29, 1.82) is 0 Å². The van der Waals surface area contributed by atoms with Crippen LogP contribution in [0.5, 0.6) is 0 Å². The molecule has 2 aliphatic carbocycles. The van der Waals surface area contributed by atoms with Gasteiger partial charge in [-0.1, -0.05) is 19.8 Å². The largest absolute Gasteiger partial charge is 0.412 e. The van der Waals surface area contributed by atoms with Gasteiger partial charge in [-0.05, 0) is 74.3 Å². The Morgan fingerprint density at radius 1 is 0.794 bits per heavy atom. The van der Waals surface area contributed by atoms with Crippen LogP contribution in [0.3, 0.4) is 0 Å². The highest BCUT2D eigenvalue weighted by molar-refractivity contribution is 5.61. The molecule has 3 fully saturated rings. The highest BCUT2D eigenvalue weighted by Crippen LogP contribution is 2.44. The Hall–Kier alpha value is -1.54. The summed E-state index contributed by atoms with van der Waals surface area (Å²) in [6.45, 7) is 3.10. The van der Waals surface area contributed by atoms with Crippen LogP contribution in [-0.2, 0) is 9.47 Å². The molecule has 0 N–H and O–H groups in total. The average Bonchev–Trinajstić information content (AvgIpc) is 2.78. The van der Waals surface area contributed by atoms with Gasteiger partial charge in [0.15, 0.2) is 6.29 Å². The number of halogens is 6. The van der Waals surface area contributed by atoms with Crippen LogP contribution >= 0.6 is 0 Å². The van der Waals surface area contributed by atoms with Crippen molar-refractivity contribution in [2.75, 3.05) is 13.2 Å². The Labute approximate surface area is 196 Å². The summed E-state index contributed by atoms with van der Waals surface area (Å²) in [6, 6.07) is 1.53. The first-order chi connectivity index (χ1) is 16.1. The second-order valence-electron chi connectivity index (χ2n) is 10.3. The quantitative estimate of drug-likeness (QED) is 0.397. The lowest BCUT2D eigenvalue weighted by Crippen LogP contribution is -2.35. The van der Waals surface area contributed by atoms with Crippen LogP contribution < -0.4 is 0 Å². The van der Waals surface area contributed by atoms with Gasteiger partial charge in [-0.25, -0.2) is 13.2 Å². The van der Waals surface area contributed by atoms with Crippen LogP contribution in [0.4, 0.5) is 26.3 Å². The first-order valence-electron chi connectivity index (χ1n) is 12.3. The lowest BCUT2D eigenvalue weighted by Gasteiger charge is -2.41. The number of alkyl halides is 3. The molecule has 0 spiro atoms. The highest BCUT2D eigenvalue weighted by Gasteiger charge is 2.36. The number of ether oxygens (including phenoxy) is 2. The third-order valence-electron chi connectivity index (χ3n) is 8.00. The van der Waals surface area contributed by atoms with Gasteiger partial charge in [-0.3, -0.25) is 0 Å². The van der Waals surface area contributed by atoms with Crippen molar-refractivity contribution >= 4 is 5.83 Å². The summed E-state index contributed by atoms with van der Waals surface area (Å²) in [5.74, 6) is -1.69. The van der Waals surface area contributed by atoms with E-state index in [1.54, 1.807) is 0 Å². The summed E-state index contributed by atoms with van der Waals surface area (Å²) in [4.78, 5) is 0. The molecule has 34 heavy (non-hydrogen) atoms. The number of hydrogen-bond donors (Lipinski definition) is 0. The Bertz CT molecular complexity index is 836. The number of allylic oxidation sites excluding steroid dienone is 1. The molecule has 1 aromatic carbocycles. The van der Waals surface area contributed by atoms with Crippen molar-refractivity contribution in [2.24, 2.45) is 29.6 Å². The molecule has 3 aliphatic rings. The Morgan fingerprint density at radius 2 is 1.24 bits per heavy atom. The van der Waals surface area contributed by atoms with Crippen LogP contribution in [0, 0.1) is 41.2 Å². The van der Waals surface area contributed by atoms with Gasteiger partial charge in [0.05, 0.1) is 24.9 Å². The summed E-state index contributed by atoms with van der Waals surface area (Å²) in [7, 11) is 0. The standard InChI is InChI=1S/C26H32F6O2/c1-15-2-4-16(5-3-15)17-6-8-18(9-7-17)20-13-33-25(34-14-20)19-10-21(27)24(22(28)11-19)23(29)12-26(30,31)32/h10-12,15-18,20,25H,2-9,13-14H2,1H3/b23-12-. The van der Waals surface area contributed by atoms with E-state index in [0.29, 0.717) is 19.1 Å². The average molecular weight is 491 g/mol. The van der Waals surface area contributed by atoms with E-state index < -0.39 is 41.6 Å². The second kappa shape index (κ2) is 10.6. The van der Waals surface area contributed by atoms with E-state index in [0.717, 1.165) is 42.7 Å². The third-order valence-corrected chi connectivity index (χ3v) is 8.00. The number of rotatable bonds is 4. The molecule has 0 unspecified atom stereocenters. The molecule has 4 rings (SSSR count). The topological polar surface area (TPSA) is 18.5 Å². The van der Waals surface area contributed by atoms with Crippen molar-refractivity contribution in [1.82, 2.24) is 0 Å². The maximum Gasteiger partial charge on any atom is 0.412 e. The zero-order chi connectivity index (χ0) is 24.5. The van der Waals surface area contributed by atoms with Gasteiger partial charge in [0.25, 0.3) is 0 Å². The zero-order valence-electron chi connectivity index (χ0n) is 19.4. The molecule has 0 atom stereocenters. The molecule has 190 valence electrons. The molecule has 0 bridgehead atoms. The molecular weight excluding hydrogens is 458 g/mol. The van der Waals surface area contributed by atoms with E-state index in [1.165, 1.54) is 38.5 Å². The predicted molar refractivity (Wildman–Crippen MR) is 116 cm³/mol. The lowest BCUT2D eigenvalue weighted by molar-refractivity contribution is -0.215. The fourth-order valence-electron chi connectivity index (χ4n) is 6.00. The number of hydrogen-bond acceptors (Lipinski definition) is 2. The lowest BCUT2D eigenvalue weighted by atomic mass is 9.67. The molecule has 0 radical (unpaired) electrons. The fourth-order valence-corrected chi connectivity index (χ4v) is 6.00. The van der Waals surface area contributed by atoms with Crippen molar-refractivity contribution in [3.63, 3.8) is 0 Å². The van der Waals surface area contributed by atoms with Gasteiger partial charge in [0.1, 0.15) is 17.5 Å². The first kappa shape index (κ1) is 25.5. The summed E-state index contributed by atoms with van der Waals surface area (Å²) >= 11 is 0. The van der Waals surface area contributed by atoms with E-state index in [1.807, 2.05) is 0 Å². The number of benzene rings is 1. The van der Waals surface area contributed by atoms with Crippen LogP contribution in [0.15, 0.2) is 18.2 Å². The van der Waals surface area contributed by atoms with Gasteiger partial charge in [0.2, 0.25) is 0 Å². The van der Waals surface area contributed by atoms with Crippen molar-refractivity contribution in [3.8, 4) is 0 Å². The van der Waals surface area contributed by atoms with Crippen LogP contribution in [-0.4, -0.2) is 19.4 Å². The minimum Gasteiger partial charge on any atom is -0.348 e. The van der Waals surface area contributed by atoms with E-state index >= 15 is 0 Å². The van der Waals surface area contributed by atoms with Crippen LogP contribution in [0.2, 0.25) is 0 Å². The van der Waals surface area contributed by atoms with Gasteiger partial charge < -0.3 is 9.47 Å². The minimum atomic E-state index is -5.03. The molecule has 2 nitrogen and oxygen atoms in total. The van der Waals surface area contributed by atoms with Crippen LogP contribution in [0.25, 0.3) is 5.83 Å². The Morgan fingerprint density at radius 3 is 1.71 bits per heavy atom. The molecule has 1 aliphatic heterocycles. The smallest absolute Gasteiger partial charge is 0.348 e. The highest BCUT2D eigenvalue weighted by atomic mass is 19.4. The maximum absolute atomic E-state index is 14.3. The van der Waals surface area contributed by atoms with Gasteiger partial charge >= 0.3 is 6.18 Å².